The molecule has 4 nitrogen and oxygen atoms in total. The zero-order valence-corrected chi connectivity index (χ0v) is 16.7. The van der Waals surface area contributed by atoms with Gasteiger partial charge in [-0.05, 0) is 53.1 Å². The molecule has 0 fully saturated rings. The largest absolute Gasteiger partial charge is 0.391 e. The molecule has 0 aliphatic heterocycles. The van der Waals surface area contributed by atoms with Crippen LogP contribution in [0.5, 0.6) is 0 Å². The van der Waals surface area contributed by atoms with Crippen LogP contribution in [0, 0.1) is 5.82 Å². The molecule has 0 saturated carbocycles. The van der Waals surface area contributed by atoms with Crippen LogP contribution in [0.2, 0.25) is 5.15 Å². The van der Waals surface area contributed by atoms with E-state index in [9.17, 15) is 14.6 Å². The van der Waals surface area contributed by atoms with Crippen LogP contribution in [-0.2, 0) is 25.0 Å². The van der Waals surface area contributed by atoms with Crippen molar-refractivity contribution in [1.82, 2.24) is 9.97 Å². The summed E-state index contributed by atoms with van der Waals surface area (Å²) in [6.45, 7) is -0.341. The number of hydrogen-bond acceptors (Lipinski definition) is 5. The van der Waals surface area contributed by atoms with E-state index in [4.69, 9.17) is 11.6 Å². The predicted octanol–water partition coefficient (Wildman–Crippen LogP) is 4.01. The Balaban J connectivity index is 2.11. The van der Waals surface area contributed by atoms with Crippen LogP contribution in [-0.4, -0.2) is 26.4 Å². The average molecular weight is 448 g/mol. The minimum atomic E-state index is -1.40. The smallest absolute Gasteiger partial charge is 0.188 e. The molecule has 1 aromatic carbocycles. The van der Waals surface area contributed by atoms with Crippen LogP contribution >= 0.6 is 39.3 Å². The lowest BCUT2D eigenvalue weighted by molar-refractivity contribution is 0.0138. The quantitative estimate of drug-likeness (QED) is 0.421. The summed E-state index contributed by atoms with van der Waals surface area (Å²) >= 11 is 10.7. The molecule has 8 heteroatoms. The summed E-state index contributed by atoms with van der Waals surface area (Å²) in [6.07, 6.45) is 3.76. The molecule has 0 bridgehead atoms. The molecule has 0 spiro atoms. The molecule has 2 aromatic rings. The highest BCUT2D eigenvalue weighted by Gasteiger charge is 2.39. The van der Waals surface area contributed by atoms with Crippen molar-refractivity contribution in [1.29, 1.82) is 0 Å². The predicted molar refractivity (Wildman–Crippen MR) is 99.4 cm³/mol. The second kappa shape index (κ2) is 7.48. The second-order valence-corrected chi connectivity index (χ2v) is 8.03. The van der Waals surface area contributed by atoms with Crippen LogP contribution in [0.3, 0.4) is 0 Å². The number of hydrogen-bond donors (Lipinski definition) is 2. The van der Waals surface area contributed by atoms with Gasteiger partial charge in [-0.3, -0.25) is 0 Å². The molecule has 1 aliphatic rings. The Morgan fingerprint density at radius 3 is 2.84 bits per heavy atom. The molecule has 0 amide bonds. The molecule has 2 N–H and O–H groups in total. The molecule has 1 atom stereocenters. The second-order valence-electron chi connectivity index (χ2n) is 6.04. The van der Waals surface area contributed by atoms with Gasteiger partial charge in [0.1, 0.15) is 11.0 Å². The van der Waals surface area contributed by atoms with Crippen molar-refractivity contribution in [2.45, 2.75) is 43.0 Å². The molecule has 3 rings (SSSR count). The fourth-order valence-corrected chi connectivity index (χ4v) is 4.34. The first-order valence-corrected chi connectivity index (χ1v) is 10.2. The van der Waals surface area contributed by atoms with E-state index in [1.54, 1.807) is 6.07 Å². The van der Waals surface area contributed by atoms with Crippen LogP contribution < -0.4 is 0 Å². The molecular weight excluding hydrogens is 431 g/mol. The first-order valence-electron chi connectivity index (χ1n) is 7.79. The lowest BCUT2D eigenvalue weighted by atomic mass is 9.76. The number of aromatic nitrogens is 2. The third-order valence-corrected chi connectivity index (χ3v) is 5.98. The minimum absolute atomic E-state index is 0.0685. The van der Waals surface area contributed by atoms with Crippen LogP contribution in [0.15, 0.2) is 21.8 Å². The van der Waals surface area contributed by atoms with Gasteiger partial charge in [0.15, 0.2) is 5.16 Å². The third-order valence-electron chi connectivity index (χ3n) is 4.51. The summed E-state index contributed by atoms with van der Waals surface area (Å²) < 4.78 is 15.1. The van der Waals surface area contributed by atoms with Gasteiger partial charge in [-0.1, -0.05) is 29.4 Å². The molecule has 1 unspecified atom stereocenters. The number of aliphatic hydroxyl groups excluding tert-OH is 1. The first kappa shape index (κ1) is 19.0. The van der Waals surface area contributed by atoms with E-state index in [1.807, 2.05) is 12.3 Å². The van der Waals surface area contributed by atoms with E-state index in [2.05, 4.69) is 25.9 Å². The Morgan fingerprint density at radius 2 is 2.16 bits per heavy atom. The molecule has 1 aromatic heterocycles. The number of fused-ring (bicyclic) bond motifs is 1. The molecule has 25 heavy (non-hydrogen) atoms. The van der Waals surface area contributed by atoms with Crippen molar-refractivity contribution in [3.05, 3.63) is 50.0 Å². The van der Waals surface area contributed by atoms with Gasteiger partial charge < -0.3 is 10.2 Å². The van der Waals surface area contributed by atoms with Gasteiger partial charge in [0.2, 0.25) is 0 Å². The average Bonchev–Trinajstić information content (AvgIpc) is 2.57. The Labute approximate surface area is 163 Å². The van der Waals surface area contributed by atoms with Gasteiger partial charge >= 0.3 is 0 Å². The number of halogens is 3. The maximum Gasteiger partial charge on any atom is 0.188 e. The van der Waals surface area contributed by atoms with E-state index in [0.29, 0.717) is 32.9 Å². The highest BCUT2D eigenvalue weighted by Crippen LogP contribution is 2.42. The lowest BCUT2D eigenvalue weighted by Gasteiger charge is -2.35. The monoisotopic (exact) mass is 446 g/mol. The van der Waals surface area contributed by atoms with Gasteiger partial charge in [-0.15, -0.1) is 0 Å². The summed E-state index contributed by atoms with van der Waals surface area (Å²) in [7, 11) is 0. The number of thioether (sulfide) groups is 1. The molecule has 0 radical (unpaired) electrons. The van der Waals surface area contributed by atoms with Gasteiger partial charge in [0.05, 0.1) is 22.4 Å². The molecule has 0 saturated heterocycles. The van der Waals surface area contributed by atoms with Crippen molar-refractivity contribution in [2.24, 2.45) is 0 Å². The normalized spacial score (nSPS) is 19.8. The SMILES string of the molecule is CSc1nc(Cl)c(CO)c(CC2(O)CCCc3ccc(Br)c(F)c32)n1. The third kappa shape index (κ3) is 3.57. The summed E-state index contributed by atoms with van der Waals surface area (Å²) in [5.41, 5.74) is 0.512. The number of aliphatic hydroxyl groups is 2. The van der Waals surface area contributed by atoms with Crippen LogP contribution in [0.1, 0.15) is 35.2 Å². The zero-order valence-electron chi connectivity index (χ0n) is 13.5. The number of aryl methyl sites for hydroxylation is 1. The first-order chi connectivity index (χ1) is 11.9. The maximum atomic E-state index is 14.8. The van der Waals surface area contributed by atoms with E-state index < -0.39 is 11.4 Å². The van der Waals surface area contributed by atoms with Gasteiger partial charge in [0, 0.05) is 17.5 Å². The van der Waals surface area contributed by atoms with Gasteiger partial charge in [-0.2, -0.15) is 0 Å². The number of nitrogens with zero attached hydrogens (tertiary/aromatic N) is 2. The molecule has 1 aliphatic carbocycles. The van der Waals surface area contributed by atoms with Crippen LogP contribution in [0.25, 0.3) is 0 Å². The Morgan fingerprint density at radius 1 is 1.40 bits per heavy atom. The summed E-state index contributed by atoms with van der Waals surface area (Å²) in [5.74, 6) is -0.449. The lowest BCUT2D eigenvalue weighted by Crippen LogP contribution is -2.35. The van der Waals surface area contributed by atoms with E-state index in [0.717, 1.165) is 18.4 Å². The molecular formula is C17H17BrClFN2O2S. The van der Waals surface area contributed by atoms with Crippen molar-refractivity contribution in [3.8, 4) is 0 Å². The summed E-state index contributed by atoms with van der Waals surface area (Å²) in [5, 5.41) is 21.5. The zero-order chi connectivity index (χ0) is 18.2. The summed E-state index contributed by atoms with van der Waals surface area (Å²) in [4.78, 5) is 8.51. The van der Waals surface area contributed by atoms with Crippen molar-refractivity contribution in [2.75, 3.05) is 6.26 Å². The van der Waals surface area contributed by atoms with E-state index >= 15 is 0 Å². The van der Waals surface area contributed by atoms with E-state index in [-0.39, 0.29) is 18.2 Å². The topological polar surface area (TPSA) is 66.2 Å². The fraction of sp³-hybridized carbons (Fsp3) is 0.412. The molecule has 134 valence electrons. The van der Waals surface area contributed by atoms with Gasteiger partial charge in [-0.25, -0.2) is 14.4 Å². The highest BCUT2D eigenvalue weighted by molar-refractivity contribution is 9.10. The van der Waals surface area contributed by atoms with Crippen molar-refractivity contribution >= 4 is 39.3 Å². The molecule has 1 heterocycles. The van der Waals surface area contributed by atoms with Crippen LogP contribution in [0.4, 0.5) is 4.39 Å². The Bertz CT molecular complexity index is 824. The number of rotatable bonds is 4. The minimum Gasteiger partial charge on any atom is -0.391 e. The van der Waals surface area contributed by atoms with Crippen molar-refractivity contribution in [3.63, 3.8) is 0 Å². The Kier molecular flexibility index (Phi) is 5.70. The number of benzene rings is 1. The van der Waals surface area contributed by atoms with Gasteiger partial charge in [0.25, 0.3) is 0 Å². The maximum absolute atomic E-state index is 14.8. The van der Waals surface area contributed by atoms with Crippen molar-refractivity contribution < 1.29 is 14.6 Å². The summed E-state index contributed by atoms with van der Waals surface area (Å²) in [6, 6.07) is 3.49. The Hall–Kier alpha value is -0.730. The van der Waals surface area contributed by atoms with E-state index in [1.165, 1.54) is 11.8 Å². The standard InChI is InChI=1S/C17H17BrClFN2O2S/c1-25-16-21-12(10(8-23)15(19)22-16)7-17(24)6-2-3-9-4-5-11(18)14(20)13(9)17/h4-5,23-24H,2-3,6-8H2,1H3. The fourth-order valence-electron chi connectivity index (χ4n) is 3.32. The highest BCUT2D eigenvalue weighted by atomic mass is 79.9.